The number of benzene rings is 4. The molecule has 0 saturated heterocycles. The number of hydrogen-bond acceptors (Lipinski definition) is 3. The van der Waals surface area contributed by atoms with Crippen molar-refractivity contribution in [3.8, 4) is 0 Å². The summed E-state index contributed by atoms with van der Waals surface area (Å²) >= 11 is 0. The molecule has 32 heavy (non-hydrogen) atoms. The van der Waals surface area contributed by atoms with E-state index in [4.69, 9.17) is 0 Å². The van der Waals surface area contributed by atoms with Gasteiger partial charge >= 0.3 is 0 Å². The predicted molar refractivity (Wildman–Crippen MR) is 125 cm³/mol. The summed E-state index contributed by atoms with van der Waals surface area (Å²) in [7, 11) is 0. The molecule has 0 amide bonds. The minimum absolute atomic E-state index is 0.314. The van der Waals surface area contributed by atoms with E-state index in [9.17, 15) is 15.0 Å². The lowest BCUT2D eigenvalue weighted by atomic mass is 9.71. The molecule has 4 aromatic rings. The first-order valence-electron chi connectivity index (χ1n) is 10.5. The predicted octanol–water partition coefficient (Wildman–Crippen LogP) is 4.96. The van der Waals surface area contributed by atoms with Crippen LogP contribution >= 0.6 is 0 Å². The zero-order valence-corrected chi connectivity index (χ0v) is 17.3. The molecule has 0 spiro atoms. The minimum Gasteiger partial charge on any atom is -0.376 e. The van der Waals surface area contributed by atoms with Gasteiger partial charge < -0.3 is 10.2 Å². The van der Waals surface area contributed by atoms with Crippen molar-refractivity contribution in [1.82, 2.24) is 0 Å². The van der Waals surface area contributed by atoms with Gasteiger partial charge in [0.25, 0.3) is 0 Å². The Hall–Kier alpha value is -3.79. The van der Waals surface area contributed by atoms with Crippen LogP contribution < -0.4 is 0 Å². The second-order valence-electron chi connectivity index (χ2n) is 7.96. The van der Waals surface area contributed by atoms with Crippen LogP contribution in [0.2, 0.25) is 0 Å². The molecule has 2 N–H and O–H groups in total. The van der Waals surface area contributed by atoms with E-state index in [-0.39, 0.29) is 0 Å². The highest BCUT2D eigenvalue weighted by Gasteiger charge is 2.65. The van der Waals surface area contributed by atoms with Crippen molar-refractivity contribution in [2.75, 3.05) is 0 Å². The fourth-order valence-corrected chi connectivity index (χ4v) is 4.71. The molecule has 2 atom stereocenters. The molecule has 4 aromatic carbocycles. The van der Waals surface area contributed by atoms with E-state index < -0.39 is 17.0 Å². The van der Waals surface area contributed by atoms with Crippen LogP contribution in [-0.4, -0.2) is 16.0 Å². The van der Waals surface area contributed by atoms with Crippen LogP contribution in [0.3, 0.4) is 0 Å². The number of carbonyl (C=O) groups excluding carboxylic acids is 1. The zero-order chi connectivity index (χ0) is 22.2. The molecule has 0 bridgehead atoms. The van der Waals surface area contributed by atoms with Gasteiger partial charge in [0.2, 0.25) is 5.78 Å². The topological polar surface area (TPSA) is 57.5 Å². The van der Waals surface area contributed by atoms with Crippen molar-refractivity contribution >= 4 is 16.9 Å². The maximum absolute atomic E-state index is 14.1. The molecular weight excluding hydrogens is 396 g/mol. The van der Waals surface area contributed by atoms with E-state index in [0.717, 1.165) is 0 Å². The monoisotopic (exact) mass is 418 g/mol. The summed E-state index contributed by atoms with van der Waals surface area (Å²) in [5.74, 6) is -0.528. The van der Waals surface area contributed by atoms with Crippen LogP contribution in [0.25, 0.3) is 11.1 Å². The number of hydrogen-bond donors (Lipinski definition) is 2. The van der Waals surface area contributed by atoms with E-state index >= 15 is 0 Å². The maximum atomic E-state index is 14.1. The van der Waals surface area contributed by atoms with Crippen molar-refractivity contribution in [3.63, 3.8) is 0 Å². The first-order chi connectivity index (χ1) is 15.6. The molecule has 156 valence electrons. The van der Waals surface area contributed by atoms with Gasteiger partial charge in [-0.2, -0.15) is 0 Å². The van der Waals surface area contributed by atoms with Crippen LogP contribution in [0.4, 0.5) is 0 Å². The first kappa shape index (κ1) is 20.1. The summed E-state index contributed by atoms with van der Waals surface area (Å²) in [5.41, 5.74) is -1.37. The average molecular weight is 418 g/mol. The van der Waals surface area contributed by atoms with Crippen LogP contribution in [0.5, 0.6) is 0 Å². The molecule has 0 saturated carbocycles. The Labute approximate surface area is 186 Å². The van der Waals surface area contributed by atoms with E-state index in [1.807, 2.05) is 72.8 Å². The Morgan fingerprint density at radius 2 is 0.844 bits per heavy atom. The van der Waals surface area contributed by atoms with Gasteiger partial charge in [-0.25, -0.2) is 0 Å². The van der Waals surface area contributed by atoms with Crippen molar-refractivity contribution in [3.05, 3.63) is 144 Å². The van der Waals surface area contributed by atoms with E-state index in [2.05, 4.69) is 0 Å². The SMILES string of the molecule is O=C1C(c2ccccc2)=C(c2ccccc2)[C@](O)(c2ccccc2)[C@]1(O)c1ccccc1. The largest absolute Gasteiger partial charge is 0.376 e. The first-order valence-corrected chi connectivity index (χ1v) is 10.5. The van der Waals surface area contributed by atoms with Gasteiger partial charge in [-0.05, 0) is 22.3 Å². The summed E-state index contributed by atoms with van der Waals surface area (Å²) in [6.07, 6.45) is 0. The summed E-state index contributed by atoms with van der Waals surface area (Å²) in [6, 6.07) is 36.2. The van der Waals surface area contributed by atoms with Crippen LogP contribution in [0.1, 0.15) is 22.3 Å². The minimum atomic E-state index is -2.20. The quantitative estimate of drug-likeness (QED) is 0.493. The second-order valence-corrected chi connectivity index (χ2v) is 7.96. The van der Waals surface area contributed by atoms with Crippen LogP contribution in [0.15, 0.2) is 121 Å². The molecule has 5 rings (SSSR count). The maximum Gasteiger partial charge on any atom is 0.203 e. The summed E-state index contributed by atoms with van der Waals surface area (Å²) in [6.45, 7) is 0. The van der Waals surface area contributed by atoms with Gasteiger partial charge in [0, 0.05) is 11.1 Å². The second kappa shape index (κ2) is 7.72. The third-order valence-electron chi connectivity index (χ3n) is 6.20. The molecule has 0 aromatic heterocycles. The normalized spacial score (nSPS) is 22.9. The average Bonchev–Trinajstić information content (AvgIpc) is 3.06. The zero-order valence-electron chi connectivity index (χ0n) is 17.3. The van der Waals surface area contributed by atoms with Crippen molar-refractivity contribution in [1.29, 1.82) is 0 Å². The lowest BCUT2D eigenvalue weighted by molar-refractivity contribution is -0.156. The smallest absolute Gasteiger partial charge is 0.203 e. The van der Waals surface area contributed by atoms with Crippen molar-refractivity contribution in [2.24, 2.45) is 0 Å². The Balaban J connectivity index is 1.93. The van der Waals surface area contributed by atoms with E-state index in [1.165, 1.54) is 0 Å². The van der Waals surface area contributed by atoms with Gasteiger partial charge in [-0.3, -0.25) is 4.79 Å². The number of aliphatic hydroxyl groups is 2. The molecule has 3 heteroatoms. The molecule has 0 aliphatic heterocycles. The molecule has 0 heterocycles. The standard InChI is InChI=1S/C29H22O3/c30-27-25(21-13-5-1-6-14-21)26(22-15-7-2-8-16-22)28(31,23-17-9-3-10-18-23)29(27,32)24-19-11-4-12-20-24/h1-20,31-32H/t28-,29+/m1/s1. The lowest BCUT2D eigenvalue weighted by Crippen LogP contribution is -2.51. The highest BCUT2D eigenvalue weighted by atomic mass is 16.4. The fourth-order valence-electron chi connectivity index (χ4n) is 4.71. The van der Waals surface area contributed by atoms with Crippen molar-refractivity contribution in [2.45, 2.75) is 11.2 Å². The van der Waals surface area contributed by atoms with Gasteiger partial charge in [0.05, 0.1) is 0 Å². The summed E-state index contributed by atoms with van der Waals surface area (Å²) in [4.78, 5) is 14.1. The highest BCUT2D eigenvalue weighted by molar-refractivity contribution is 6.36. The Morgan fingerprint density at radius 1 is 0.469 bits per heavy atom. The van der Waals surface area contributed by atoms with E-state index in [0.29, 0.717) is 33.4 Å². The molecule has 3 nitrogen and oxygen atoms in total. The molecule has 0 radical (unpaired) electrons. The lowest BCUT2D eigenvalue weighted by Gasteiger charge is -2.39. The number of ketones is 1. The fraction of sp³-hybridized carbons (Fsp3) is 0.0690. The molecular formula is C29H22O3. The summed E-state index contributed by atoms with van der Waals surface area (Å²) < 4.78 is 0. The number of rotatable bonds is 4. The van der Waals surface area contributed by atoms with Gasteiger partial charge in [0.1, 0.15) is 0 Å². The Morgan fingerprint density at radius 3 is 1.31 bits per heavy atom. The van der Waals surface area contributed by atoms with Gasteiger partial charge in [-0.1, -0.05) is 121 Å². The third kappa shape index (κ3) is 2.79. The Kier molecular flexibility index (Phi) is 4.86. The summed E-state index contributed by atoms with van der Waals surface area (Å²) in [5, 5.41) is 24.7. The number of carbonyl (C=O) groups is 1. The highest BCUT2D eigenvalue weighted by Crippen LogP contribution is 2.59. The molecule has 1 aliphatic carbocycles. The van der Waals surface area contributed by atoms with Gasteiger partial charge in [0.15, 0.2) is 11.2 Å². The van der Waals surface area contributed by atoms with Crippen LogP contribution in [0, 0.1) is 0 Å². The van der Waals surface area contributed by atoms with Crippen molar-refractivity contribution < 1.29 is 15.0 Å². The van der Waals surface area contributed by atoms with E-state index in [1.54, 1.807) is 48.5 Å². The van der Waals surface area contributed by atoms with Crippen LogP contribution in [-0.2, 0) is 16.0 Å². The molecule has 0 fully saturated rings. The van der Waals surface area contributed by atoms with Gasteiger partial charge in [-0.15, -0.1) is 0 Å². The number of Topliss-reactive ketones (excluding diaryl/α,β-unsaturated/α-hetero) is 1. The molecule has 0 unspecified atom stereocenters. The molecule has 1 aliphatic rings. The third-order valence-corrected chi connectivity index (χ3v) is 6.20. The Bertz CT molecular complexity index is 1280.